The molecule has 2 unspecified atom stereocenters. The van der Waals surface area contributed by atoms with Gasteiger partial charge in [-0.2, -0.15) is 0 Å². The molecule has 0 radical (unpaired) electrons. The van der Waals surface area contributed by atoms with Gasteiger partial charge in [-0.25, -0.2) is 0 Å². The van der Waals surface area contributed by atoms with Gasteiger partial charge in [0, 0.05) is 24.6 Å². The van der Waals surface area contributed by atoms with E-state index >= 15 is 0 Å². The smallest absolute Gasteiger partial charge is 0.124 e. The summed E-state index contributed by atoms with van der Waals surface area (Å²) in [5, 5.41) is 12.9. The first-order valence-electron chi connectivity index (χ1n) is 5.94. The molecular formula is C13H19NO2. The van der Waals surface area contributed by atoms with Crippen LogP contribution in [0, 0.1) is 0 Å². The number of rotatable bonds is 4. The lowest BCUT2D eigenvalue weighted by Gasteiger charge is -2.27. The monoisotopic (exact) mass is 221 g/mol. The summed E-state index contributed by atoms with van der Waals surface area (Å²) in [6.45, 7) is 3.39. The van der Waals surface area contributed by atoms with Crippen molar-refractivity contribution >= 4 is 0 Å². The predicted octanol–water partition coefficient (Wildman–Crippen LogP) is 1.87. The minimum absolute atomic E-state index is 0.255. The number of aliphatic hydroxyl groups excluding tert-OH is 1. The van der Waals surface area contributed by atoms with Gasteiger partial charge in [0.1, 0.15) is 5.75 Å². The first-order valence-corrected chi connectivity index (χ1v) is 5.94. The molecule has 88 valence electrons. The molecule has 0 aromatic heterocycles. The van der Waals surface area contributed by atoms with Crippen molar-refractivity contribution in [3.8, 4) is 5.75 Å². The maximum Gasteiger partial charge on any atom is 0.124 e. The van der Waals surface area contributed by atoms with Gasteiger partial charge in [-0.1, -0.05) is 25.1 Å². The predicted molar refractivity (Wildman–Crippen MR) is 63.6 cm³/mol. The van der Waals surface area contributed by atoms with Gasteiger partial charge in [0.05, 0.1) is 12.7 Å². The minimum atomic E-state index is -0.255. The van der Waals surface area contributed by atoms with Gasteiger partial charge in [-0.3, -0.25) is 0 Å². The van der Waals surface area contributed by atoms with Crippen LogP contribution >= 0.6 is 0 Å². The van der Waals surface area contributed by atoms with Gasteiger partial charge in [0.25, 0.3) is 0 Å². The van der Waals surface area contributed by atoms with E-state index in [1.807, 2.05) is 25.1 Å². The summed E-state index contributed by atoms with van der Waals surface area (Å²) in [6.07, 6.45) is 1.50. The Kier molecular flexibility index (Phi) is 3.80. The largest absolute Gasteiger partial charge is 0.493 e. The quantitative estimate of drug-likeness (QED) is 0.815. The summed E-state index contributed by atoms with van der Waals surface area (Å²) < 4.78 is 5.58. The highest BCUT2D eigenvalue weighted by Gasteiger charge is 2.20. The Bertz CT molecular complexity index is 340. The molecule has 16 heavy (non-hydrogen) atoms. The van der Waals surface area contributed by atoms with E-state index in [2.05, 4.69) is 11.4 Å². The Morgan fingerprint density at radius 1 is 1.50 bits per heavy atom. The van der Waals surface area contributed by atoms with Crippen LogP contribution in [0.5, 0.6) is 5.75 Å². The van der Waals surface area contributed by atoms with E-state index in [0.717, 1.165) is 25.2 Å². The summed E-state index contributed by atoms with van der Waals surface area (Å²) in [6, 6.07) is 8.41. The van der Waals surface area contributed by atoms with E-state index in [9.17, 15) is 5.11 Å². The van der Waals surface area contributed by atoms with Gasteiger partial charge in [0.2, 0.25) is 0 Å². The number of fused-ring (bicyclic) bond motifs is 1. The summed E-state index contributed by atoms with van der Waals surface area (Å²) in [4.78, 5) is 0. The van der Waals surface area contributed by atoms with Crippen LogP contribution in [0.25, 0.3) is 0 Å². The number of benzene rings is 1. The second-order valence-electron chi connectivity index (χ2n) is 4.20. The molecule has 3 heteroatoms. The normalized spacial score (nSPS) is 21.0. The van der Waals surface area contributed by atoms with Gasteiger partial charge >= 0.3 is 0 Å². The third kappa shape index (κ3) is 2.54. The Labute approximate surface area is 96.4 Å². The second kappa shape index (κ2) is 5.32. The Morgan fingerprint density at radius 2 is 2.31 bits per heavy atom. The van der Waals surface area contributed by atoms with E-state index < -0.39 is 0 Å². The third-order valence-corrected chi connectivity index (χ3v) is 3.03. The van der Waals surface area contributed by atoms with Gasteiger partial charge in [-0.15, -0.1) is 0 Å². The fraction of sp³-hybridized carbons (Fsp3) is 0.538. The van der Waals surface area contributed by atoms with Crippen molar-refractivity contribution in [2.45, 2.75) is 31.9 Å². The highest BCUT2D eigenvalue weighted by Crippen LogP contribution is 2.31. The minimum Gasteiger partial charge on any atom is -0.493 e. The molecule has 0 fully saturated rings. The molecule has 1 aliphatic rings. The zero-order valence-corrected chi connectivity index (χ0v) is 9.65. The molecule has 0 saturated heterocycles. The average Bonchev–Trinajstić information content (AvgIpc) is 2.35. The van der Waals surface area contributed by atoms with E-state index in [0.29, 0.717) is 12.6 Å². The van der Waals surface area contributed by atoms with E-state index in [1.165, 1.54) is 5.56 Å². The zero-order valence-electron chi connectivity index (χ0n) is 9.65. The lowest BCUT2D eigenvalue weighted by atomic mass is 10.0. The van der Waals surface area contributed by atoms with E-state index in [4.69, 9.17) is 4.74 Å². The molecule has 2 atom stereocenters. The van der Waals surface area contributed by atoms with Crippen molar-refractivity contribution in [1.82, 2.24) is 5.32 Å². The Balaban J connectivity index is 2.01. The van der Waals surface area contributed by atoms with E-state index in [1.54, 1.807) is 0 Å². The fourth-order valence-corrected chi connectivity index (χ4v) is 1.98. The number of hydrogen-bond donors (Lipinski definition) is 2. The Hall–Kier alpha value is -1.06. The highest BCUT2D eigenvalue weighted by molar-refractivity contribution is 5.37. The van der Waals surface area contributed by atoms with Gasteiger partial charge in [0.15, 0.2) is 0 Å². The van der Waals surface area contributed by atoms with Crippen LogP contribution in [0.15, 0.2) is 24.3 Å². The molecule has 2 N–H and O–H groups in total. The third-order valence-electron chi connectivity index (χ3n) is 3.03. The summed E-state index contributed by atoms with van der Waals surface area (Å²) in [5.74, 6) is 0.970. The Morgan fingerprint density at radius 3 is 3.12 bits per heavy atom. The van der Waals surface area contributed by atoms with E-state index in [-0.39, 0.29) is 6.10 Å². The number of aliphatic hydroxyl groups is 1. The summed E-state index contributed by atoms with van der Waals surface area (Å²) >= 11 is 0. The molecule has 1 aromatic rings. The zero-order chi connectivity index (χ0) is 11.4. The van der Waals surface area contributed by atoms with Crippen molar-refractivity contribution in [2.75, 3.05) is 13.2 Å². The first kappa shape index (κ1) is 11.4. The highest BCUT2D eigenvalue weighted by atomic mass is 16.5. The molecule has 1 aromatic carbocycles. The molecule has 0 amide bonds. The van der Waals surface area contributed by atoms with Crippen LogP contribution in [0.3, 0.4) is 0 Å². The topological polar surface area (TPSA) is 41.5 Å². The maximum absolute atomic E-state index is 9.54. The molecule has 2 rings (SSSR count). The molecule has 1 aliphatic heterocycles. The van der Waals surface area contributed by atoms with Crippen LogP contribution in [0.1, 0.15) is 31.4 Å². The molecule has 3 nitrogen and oxygen atoms in total. The molecule has 0 saturated carbocycles. The van der Waals surface area contributed by atoms with Crippen molar-refractivity contribution in [1.29, 1.82) is 0 Å². The van der Waals surface area contributed by atoms with Crippen LogP contribution in [-0.4, -0.2) is 24.4 Å². The lowest BCUT2D eigenvalue weighted by Crippen LogP contribution is -2.32. The van der Waals surface area contributed by atoms with Crippen molar-refractivity contribution in [3.63, 3.8) is 0 Å². The number of ether oxygens (including phenoxy) is 1. The molecule has 0 spiro atoms. The SMILES string of the molecule is CCC(O)CNC1CCOc2ccccc21. The van der Waals surface area contributed by atoms with Gasteiger partial charge < -0.3 is 15.2 Å². The van der Waals surface area contributed by atoms with Crippen LogP contribution < -0.4 is 10.1 Å². The number of para-hydroxylation sites is 1. The molecule has 1 heterocycles. The number of nitrogens with one attached hydrogen (secondary N) is 1. The molecular weight excluding hydrogens is 202 g/mol. The summed E-state index contributed by atoms with van der Waals surface area (Å²) in [5.41, 5.74) is 1.21. The molecule has 0 aliphatic carbocycles. The van der Waals surface area contributed by atoms with Crippen LogP contribution in [0.4, 0.5) is 0 Å². The maximum atomic E-state index is 9.54. The van der Waals surface area contributed by atoms with Crippen molar-refractivity contribution < 1.29 is 9.84 Å². The van der Waals surface area contributed by atoms with Crippen LogP contribution in [0.2, 0.25) is 0 Å². The van der Waals surface area contributed by atoms with Gasteiger partial charge in [-0.05, 0) is 12.5 Å². The van der Waals surface area contributed by atoms with Crippen molar-refractivity contribution in [2.24, 2.45) is 0 Å². The number of hydrogen-bond acceptors (Lipinski definition) is 3. The first-order chi connectivity index (χ1) is 7.81. The average molecular weight is 221 g/mol. The second-order valence-corrected chi connectivity index (χ2v) is 4.20. The fourth-order valence-electron chi connectivity index (χ4n) is 1.98. The lowest BCUT2D eigenvalue weighted by molar-refractivity contribution is 0.156. The standard InChI is InChI=1S/C13H19NO2/c1-2-10(15)9-14-12-7-8-16-13-6-4-3-5-11(12)13/h3-6,10,12,14-15H,2,7-9H2,1H3. The van der Waals surface area contributed by atoms with Crippen molar-refractivity contribution in [3.05, 3.63) is 29.8 Å². The molecule has 0 bridgehead atoms. The van der Waals surface area contributed by atoms with Crippen LogP contribution in [-0.2, 0) is 0 Å². The summed E-state index contributed by atoms with van der Waals surface area (Å²) in [7, 11) is 0.